The number of hydrogen-bond donors (Lipinski definition) is 3. The predicted octanol–water partition coefficient (Wildman–Crippen LogP) is 8.25. The average Bonchev–Trinajstić information content (AvgIpc) is 3.99. The number of rotatable bonds is 8. The molecule has 57 heavy (non-hydrogen) atoms. The van der Waals surface area contributed by atoms with Crippen LogP contribution in [-0.4, -0.2) is 81.7 Å². The van der Waals surface area contributed by atoms with Crippen molar-refractivity contribution in [1.29, 1.82) is 0 Å². The standard InChI is InChI=1S/C43H48F2N6O6/c1-24(2)36(49-40(54)56-6)39(53)50-18-9-13-35(50)38(52)47-28-11-7-10-25(20-28)26-14-16-29-30-17-15-27(22-32(30)43(44,45)31(29)21-26)33-23-46-37(48-33)34-12-8-19-51(34)41(55)57-42(3,4)5/h7,10-11,14-17,20-24,34-36H,8-9,12-13,18-19H2,1-6H3,(H,46,48)(H,47,52)(H,49,54)/t34-,35-,36-/m0/s1. The monoisotopic (exact) mass is 782 g/mol. The zero-order valence-electron chi connectivity index (χ0n) is 32.9. The first-order valence-electron chi connectivity index (χ1n) is 19.3. The highest BCUT2D eigenvalue weighted by molar-refractivity contribution is 5.99. The topological polar surface area (TPSA) is 146 Å². The molecule has 1 aromatic heterocycles. The van der Waals surface area contributed by atoms with Crippen molar-refractivity contribution in [3.8, 4) is 33.5 Å². The van der Waals surface area contributed by atoms with Gasteiger partial charge in [0, 0.05) is 35.5 Å². The Hall–Kier alpha value is -5.79. The molecule has 7 rings (SSSR count). The van der Waals surface area contributed by atoms with E-state index >= 15 is 8.78 Å². The van der Waals surface area contributed by atoms with Gasteiger partial charge in [0.15, 0.2) is 0 Å². The summed E-state index contributed by atoms with van der Waals surface area (Å²) in [4.78, 5) is 62.8. The SMILES string of the molecule is COC(=O)N[C@H](C(=O)N1CCC[C@H]1C(=O)Nc1cccc(-c2ccc3c(c2)C(F)(F)c2cc(-c4cnc([C@@H]5CCCN5C(=O)OC(C)(C)C)[nH]4)ccc2-3)c1)C(C)C. The Kier molecular flexibility index (Phi) is 10.6. The Morgan fingerprint density at radius 2 is 1.54 bits per heavy atom. The molecule has 0 bridgehead atoms. The summed E-state index contributed by atoms with van der Waals surface area (Å²) < 4.78 is 43.0. The zero-order chi connectivity index (χ0) is 40.8. The average molecular weight is 783 g/mol. The van der Waals surface area contributed by atoms with Crippen LogP contribution in [0.2, 0.25) is 0 Å². The molecule has 2 aliphatic heterocycles. The number of methoxy groups -OCH3 is 1. The van der Waals surface area contributed by atoms with E-state index in [9.17, 15) is 19.2 Å². The van der Waals surface area contributed by atoms with Gasteiger partial charge in [0.2, 0.25) is 11.8 Å². The van der Waals surface area contributed by atoms with Gasteiger partial charge in [0.05, 0.1) is 25.0 Å². The third-order valence-corrected chi connectivity index (χ3v) is 10.8. The Labute approximate surface area is 330 Å². The van der Waals surface area contributed by atoms with Gasteiger partial charge >= 0.3 is 12.2 Å². The summed E-state index contributed by atoms with van der Waals surface area (Å²) in [5.74, 6) is -3.69. The number of hydrogen-bond acceptors (Lipinski definition) is 7. The first kappa shape index (κ1) is 39.4. The van der Waals surface area contributed by atoms with E-state index in [0.717, 1.165) is 6.42 Å². The Morgan fingerprint density at radius 1 is 0.895 bits per heavy atom. The molecule has 1 aliphatic carbocycles. The number of nitrogens with zero attached hydrogens (tertiary/aromatic N) is 3. The van der Waals surface area contributed by atoms with Crippen molar-refractivity contribution in [3.63, 3.8) is 0 Å². The Balaban J connectivity index is 1.07. The molecule has 2 saturated heterocycles. The van der Waals surface area contributed by atoms with E-state index in [-0.39, 0.29) is 34.9 Å². The second kappa shape index (κ2) is 15.3. The van der Waals surface area contributed by atoms with Crippen molar-refractivity contribution in [2.45, 2.75) is 90.0 Å². The fourth-order valence-corrected chi connectivity index (χ4v) is 8.00. The Morgan fingerprint density at radius 3 is 2.23 bits per heavy atom. The maximum atomic E-state index is 16.4. The maximum Gasteiger partial charge on any atom is 0.410 e. The van der Waals surface area contributed by atoms with Gasteiger partial charge in [-0.3, -0.25) is 14.5 Å². The van der Waals surface area contributed by atoms with Crippen LogP contribution < -0.4 is 10.6 Å². The lowest BCUT2D eigenvalue weighted by atomic mass is 9.98. The van der Waals surface area contributed by atoms with Crippen LogP contribution in [0.5, 0.6) is 0 Å². The van der Waals surface area contributed by atoms with E-state index in [1.54, 1.807) is 73.5 Å². The van der Waals surface area contributed by atoms with E-state index in [1.807, 2.05) is 20.8 Å². The number of alkyl halides is 2. The molecule has 3 N–H and O–H groups in total. The molecule has 3 heterocycles. The van der Waals surface area contributed by atoms with Crippen LogP contribution in [-0.2, 0) is 25.0 Å². The van der Waals surface area contributed by atoms with E-state index in [2.05, 4.69) is 20.6 Å². The summed E-state index contributed by atoms with van der Waals surface area (Å²) in [5.41, 5.74) is 2.75. The van der Waals surface area contributed by atoms with E-state index in [4.69, 9.17) is 9.47 Å². The third-order valence-electron chi connectivity index (χ3n) is 10.8. The van der Waals surface area contributed by atoms with Crippen LogP contribution in [0.15, 0.2) is 66.9 Å². The van der Waals surface area contributed by atoms with Gasteiger partial charge in [-0.05, 0) is 98.9 Å². The van der Waals surface area contributed by atoms with Crippen LogP contribution in [0.1, 0.15) is 83.3 Å². The van der Waals surface area contributed by atoms with E-state index < -0.39 is 35.8 Å². The summed E-state index contributed by atoms with van der Waals surface area (Å²) >= 11 is 0. The minimum Gasteiger partial charge on any atom is -0.453 e. The number of fused-ring (bicyclic) bond motifs is 3. The molecule has 0 spiro atoms. The molecule has 0 unspecified atom stereocenters. The minimum absolute atomic E-state index is 0.113. The molecule has 300 valence electrons. The van der Waals surface area contributed by atoms with E-state index in [1.165, 1.54) is 24.1 Å². The number of anilines is 1. The number of nitrogens with one attached hydrogen (secondary N) is 3. The summed E-state index contributed by atoms with van der Waals surface area (Å²) in [6, 6.07) is 15.0. The van der Waals surface area contributed by atoms with Crippen molar-refractivity contribution in [2.75, 3.05) is 25.5 Å². The number of H-pyrrole nitrogens is 1. The number of imidazole rings is 1. The number of benzene rings is 3. The van der Waals surface area contributed by atoms with Gasteiger partial charge in [-0.25, -0.2) is 14.6 Å². The van der Waals surface area contributed by atoms with Crippen molar-refractivity contribution in [1.82, 2.24) is 25.1 Å². The molecule has 4 aromatic rings. The molecule has 12 nitrogen and oxygen atoms in total. The molecule has 3 aliphatic rings. The lowest BCUT2D eigenvalue weighted by Crippen LogP contribution is -2.54. The first-order chi connectivity index (χ1) is 27.0. The van der Waals surface area contributed by atoms with Crippen molar-refractivity contribution in [2.24, 2.45) is 5.92 Å². The van der Waals surface area contributed by atoms with Gasteiger partial charge in [0.25, 0.3) is 5.92 Å². The number of likely N-dealkylation sites (tertiary alicyclic amines) is 2. The number of carbonyl (C=O) groups is 4. The smallest absolute Gasteiger partial charge is 0.410 e. The Bertz CT molecular complexity index is 2210. The molecule has 3 aromatic carbocycles. The first-order valence-corrected chi connectivity index (χ1v) is 19.3. The molecule has 14 heteroatoms. The second-order valence-corrected chi connectivity index (χ2v) is 16.2. The highest BCUT2D eigenvalue weighted by Gasteiger charge is 2.45. The van der Waals surface area contributed by atoms with Crippen molar-refractivity contribution >= 4 is 29.7 Å². The minimum atomic E-state index is -3.29. The zero-order valence-corrected chi connectivity index (χ0v) is 32.9. The van der Waals surface area contributed by atoms with Crippen LogP contribution in [0.3, 0.4) is 0 Å². The summed E-state index contributed by atoms with van der Waals surface area (Å²) in [6.07, 6.45) is 3.05. The quantitative estimate of drug-likeness (QED) is 0.163. The second-order valence-electron chi connectivity index (χ2n) is 16.2. The fraction of sp³-hybridized carbons (Fsp3) is 0.419. The predicted molar refractivity (Wildman–Crippen MR) is 210 cm³/mol. The number of amides is 4. The van der Waals surface area contributed by atoms with Crippen LogP contribution >= 0.6 is 0 Å². The molecule has 3 atom stereocenters. The van der Waals surface area contributed by atoms with Gasteiger partial charge in [-0.2, -0.15) is 8.78 Å². The van der Waals surface area contributed by atoms with Crippen LogP contribution in [0.4, 0.5) is 24.1 Å². The summed E-state index contributed by atoms with van der Waals surface area (Å²) in [7, 11) is 1.22. The fourth-order valence-electron chi connectivity index (χ4n) is 8.00. The number of ether oxygens (including phenoxy) is 2. The third kappa shape index (κ3) is 7.81. The summed E-state index contributed by atoms with van der Waals surface area (Å²) in [5, 5.41) is 5.49. The molecule has 0 saturated carbocycles. The lowest BCUT2D eigenvalue weighted by molar-refractivity contribution is -0.139. The molecular weight excluding hydrogens is 735 g/mol. The lowest BCUT2D eigenvalue weighted by Gasteiger charge is -2.30. The van der Waals surface area contributed by atoms with Gasteiger partial charge in [-0.1, -0.05) is 50.2 Å². The largest absolute Gasteiger partial charge is 0.453 e. The number of carbonyl (C=O) groups excluding carboxylic acids is 4. The maximum absolute atomic E-state index is 16.4. The molecule has 4 amide bonds. The number of halogens is 2. The van der Waals surface area contributed by atoms with Crippen molar-refractivity contribution in [3.05, 3.63) is 83.8 Å². The molecule has 0 radical (unpaired) electrons. The highest BCUT2D eigenvalue weighted by Crippen LogP contribution is 2.52. The van der Waals surface area contributed by atoms with Gasteiger partial charge < -0.3 is 30.0 Å². The highest BCUT2D eigenvalue weighted by atomic mass is 19.3. The molecule has 2 fully saturated rings. The number of alkyl carbamates (subject to hydrolysis) is 1. The number of aromatic nitrogens is 2. The molecular formula is C43H48F2N6O6. The van der Waals surface area contributed by atoms with Crippen LogP contribution in [0, 0.1) is 5.92 Å². The van der Waals surface area contributed by atoms with Gasteiger partial charge in [-0.15, -0.1) is 0 Å². The van der Waals surface area contributed by atoms with Gasteiger partial charge in [0.1, 0.15) is 23.5 Å². The van der Waals surface area contributed by atoms with Crippen molar-refractivity contribution < 1.29 is 37.4 Å². The van der Waals surface area contributed by atoms with E-state index in [0.29, 0.717) is 77.4 Å². The summed E-state index contributed by atoms with van der Waals surface area (Å²) in [6.45, 7) is 9.97. The number of aromatic amines is 1. The van der Waals surface area contributed by atoms with Crippen LogP contribution in [0.25, 0.3) is 33.5 Å². The normalized spacial score (nSPS) is 18.9.